The molecule has 0 saturated carbocycles. The lowest BCUT2D eigenvalue weighted by atomic mass is 10.00. The van der Waals surface area contributed by atoms with Crippen LogP contribution in [-0.2, 0) is 22.6 Å². The van der Waals surface area contributed by atoms with Crippen molar-refractivity contribution < 1.29 is 9.59 Å². The van der Waals surface area contributed by atoms with Crippen LogP contribution in [0.2, 0.25) is 5.02 Å². The molecule has 1 atom stereocenters. The lowest BCUT2D eigenvalue weighted by Crippen LogP contribution is -2.48. The fourth-order valence-electron chi connectivity index (χ4n) is 3.77. The standard InChI is InChI=1S/C25H27ClN2O2/c1-3-23(25(30)27-2)28(17-18-11-14-21(26)15-12-18)24(29)16-13-20-9-6-8-19-7-4-5-10-22(19)20/h4-12,14-15,23H,3,13,16-17H2,1-2H3,(H,27,30). The number of nitrogens with zero attached hydrogens (tertiary/aromatic N) is 1. The fraction of sp³-hybridized carbons (Fsp3) is 0.280. The summed E-state index contributed by atoms with van der Waals surface area (Å²) in [7, 11) is 1.60. The third-order valence-electron chi connectivity index (χ3n) is 5.39. The molecule has 5 heteroatoms. The molecule has 0 radical (unpaired) electrons. The van der Waals surface area contributed by atoms with Crippen molar-refractivity contribution in [2.75, 3.05) is 7.05 Å². The maximum absolute atomic E-state index is 13.3. The zero-order valence-electron chi connectivity index (χ0n) is 17.4. The van der Waals surface area contributed by atoms with Crippen LogP contribution in [-0.4, -0.2) is 29.8 Å². The first-order valence-electron chi connectivity index (χ1n) is 10.3. The van der Waals surface area contributed by atoms with E-state index >= 15 is 0 Å². The molecule has 3 aromatic carbocycles. The lowest BCUT2D eigenvalue weighted by Gasteiger charge is -2.30. The summed E-state index contributed by atoms with van der Waals surface area (Å²) in [5.74, 6) is -0.182. The summed E-state index contributed by atoms with van der Waals surface area (Å²) >= 11 is 5.99. The van der Waals surface area contributed by atoms with Crippen LogP contribution in [0.15, 0.2) is 66.7 Å². The van der Waals surface area contributed by atoms with Crippen LogP contribution in [0.5, 0.6) is 0 Å². The number of carbonyl (C=O) groups is 2. The zero-order valence-corrected chi connectivity index (χ0v) is 18.2. The quantitative estimate of drug-likeness (QED) is 0.556. The van der Waals surface area contributed by atoms with Gasteiger partial charge in [-0.2, -0.15) is 0 Å². The van der Waals surface area contributed by atoms with Crippen molar-refractivity contribution >= 4 is 34.2 Å². The summed E-state index contributed by atoms with van der Waals surface area (Å²) in [6.07, 6.45) is 1.52. The molecule has 0 aliphatic heterocycles. The van der Waals surface area contributed by atoms with E-state index in [1.807, 2.05) is 37.3 Å². The molecule has 156 valence electrons. The molecule has 0 heterocycles. The summed E-state index contributed by atoms with van der Waals surface area (Å²) in [5.41, 5.74) is 2.08. The largest absolute Gasteiger partial charge is 0.357 e. The molecule has 1 N–H and O–H groups in total. The Morgan fingerprint density at radius 3 is 2.40 bits per heavy atom. The Labute approximate surface area is 182 Å². The van der Waals surface area contributed by atoms with Gasteiger partial charge in [0.25, 0.3) is 0 Å². The number of halogens is 1. The van der Waals surface area contributed by atoms with Gasteiger partial charge in [0.05, 0.1) is 0 Å². The molecule has 1 unspecified atom stereocenters. The van der Waals surface area contributed by atoms with E-state index in [-0.39, 0.29) is 11.8 Å². The maximum atomic E-state index is 13.3. The number of carbonyl (C=O) groups excluding carboxylic acids is 2. The molecule has 0 bridgehead atoms. The Bertz CT molecular complexity index is 1010. The first-order chi connectivity index (χ1) is 14.5. The molecule has 3 rings (SSSR count). The molecule has 4 nitrogen and oxygen atoms in total. The number of amides is 2. The van der Waals surface area contributed by atoms with Gasteiger partial charge in [0.1, 0.15) is 6.04 Å². The number of hydrogen-bond acceptors (Lipinski definition) is 2. The Balaban J connectivity index is 1.81. The highest BCUT2D eigenvalue weighted by molar-refractivity contribution is 6.30. The van der Waals surface area contributed by atoms with E-state index in [1.165, 1.54) is 0 Å². The van der Waals surface area contributed by atoms with Gasteiger partial charge in [-0.25, -0.2) is 0 Å². The molecular formula is C25H27ClN2O2. The number of likely N-dealkylation sites (N-methyl/N-ethyl adjacent to an activating group) is 1. The number of benzene rings is 3. The maximum Gasteiger partial charge on any atom is 0.242 e. The van der Waals surface area contributed by atoms with E-state index in [4.69, 9.17) is 11.6 Å². The van der Waals surface area contributed by atoms with Gasteiger partial charge in [0.15, 0.2) is 0 Å². The van der Waals surface area contributed by atoms with Gasteiger partial charge in [-0.05, 0) is 46.9 Å². The van der Waals surface area contributed by atoms with Crippen LogP contribution in [0.1, 0.15) is 30.9 Å². The van der Waals surface area contributed by atoms with E-state index < -0.39 is 6.04 Å². The summed E-state index contributed by atoms with van der Waals surface area (Å²) in [5, 5.41) is 5.66. The van der Waals surface area contributed by atoms with Crippen molar-refractivity contribution in [3.05, 3.63) is 82.9 Å². The number of nitrogens with one attached hydrogen (secondary N) is 1. The SMILES string of the molecule is CCC(C(=O)NC)N(Cc1ccc(Cl)cc1)C(=O)CCc1cccc2ccccc12. The first kappa shape index (κ1) is 21.8. The molecule has 0 saturated heterocycles. The molecule has 3 aromatic rings. The monoisotopic (exact) mass is 422 g/mol. The summed E-state index contributed by atoms with van der Waals surface area (Å²) in [4.78, 5) is 27.4. The number of fused-ring (bicyclic) bond motifs is 1. The third-order valence-corrected chi connectivity index (χ3v) is 5.64. The Kier molecular flexibility index (Phi) is 7.47. The molecule has 0 aliphatic rings. The second-order valence-electron chi connectivity index (χ2n) is 7.32. The van der Waals surface area contributed by atoms with Crippen molar-refractivity contribution in [2.45, 2.75) is 38.8 Å². The van der Waals surface area contributed by atoms with Crippen LogP contribution in [0.4, 0.5) is 0 Å². The average Bonchev–Trinajstić information content (AvgIpc) is 2.78. The highest BCUT2D eigenvalue weighted by atomic mass is 35.5. The van der Waals surface area contributed by atoms with Crippen LogP contribution < -0.4 is 5.32 Å². The molecule has 0 fully saturated rings. The van der Waals surface area contributed by atoms with Crippen LogP contribution in [0.3, 0.4) is 0 Å². The lowest BCUT2D eigenvalue weighted by molar-refractivity contribution is -0.141. The van der Waals surface area contributed by atoms with E-state index in [0.717, 1.165) is 21.9 Å². The minimum atomic E-state index is -0.509. The van der Waals surface area contributed by atoms with Crippen molar-refractivity contribution in [3.63, 3.8) is 0 Å². The Hall–Kier alpha value is -2.85. The molecular weight excluding hydrogens is 396 g/mol. The molecule has 0 aromatic heterocycles. The van der Waals surface area contributed by atoms with E-state index in [2.05, 4.69) is 29.6 Å². The molecule has 30 heavy (non-hydrogen) atoms. The predicted octanol–water partition coefficient (Wildman–Crippen LogP) is 4.98. The third kappa shape index (κ3) is 5.19. The van der Waals surface area contributed by atoms with Gasteiger partial charge >= 0.3 is 0 Å². The van der Waals surface area contributed by atoms with Gasteiger partial charge in [0, 0.05) is 25.0 Å². The second-order valence-corrected chi connectivity index (χ2v) is 7.76. The summed E-state index contributed by atoms with van der Waals surface area (Å²) in [6.45, 7) is 2.30. The summed E-state index contributed by atoms with van der Waals surface area (Å²) in [6, 6.07) is 21.2. The first-order valence-corrected chi connectivity index (χ1v) is 10.6. The smallest absolute Gasteiger partial charge is 0.242 e. The van der Waals surface area contributed by atoms with Gasteiger partial charge in [-0.15, -0.1) is 0 Å². The Morgan fingerprint density at radius 1 is 1.00 bits per heavy atom. The van der Waals surface area contributed by atoms with Gasteiger partial charge < -0.3 is 10.2 Å². The highest BCUT2D eigenvalue weighted by Crippen LogP contribution is 2.21. The number of rotatable bonds is 8. The zero-order chi connectivity index (χ0) is 21.5. The predicted molar refractivity (Wildman–Crippen MR) is 122 cm³/mol. The molecule has 0 spiro atoms. The number of aryl methyl sites for hydroxylation is 1. The minimum Gasteiger partial charge on any atom is -0.357 e. The van der Waals surface area contributed by atoms with Gasteiger partial charge in [-0.1, -0.05) is 73.1 Å². The topological polar surface area (TPSA) is 49.4 Å². The van der Waals surface area contributed by atoms with E-state index in [1.54, 1.807) is 24.1 Å². The van der Waals surface area contributed by atoms with Crippen molar-refractivity contribution in [3.8, 4) is 0 Å². The average molecular weight is 423 g/mol. The normalized spacial score (nSPS) is 11.8. The van der Waals surface area contributed by atoms with Crippen LogP contribution in [0.25, 0.3) is 10.8 Å². The van der Waals surface area contributed by atoms with Gasteiger partial charge in [0.2, 0.25) is 11.8 Å². The minimum absolute atomic E-state index is 0.0339. The van der Waals surface area contributed by atoms with E-state index in [9.17, 15) is 9.59 Å². The Morgan fingerprint density at radius 2 is 1.70 bits per heavy atom. The second kappa shape index (κ2) is 10.3. The molecule has 2 amide bonds. The van der Waals surface area contributed by atoms with Gasteiger partial charge in [-0.3, -0.25) is 9.59 Å². The summed E-state index contributed by atoms with van der Waals surface area (Å²) < 4.78 is 0. The van der Waals surface area contributed by atoms with E-state index in [0.29, 0.717) is 30.8 Å². The highest BCUT2D eigenvalue weighted by Gasteiger charge is 2.27. The fourth-order valence-corrected chi connectivity index (χ4v) is 3.89. The number of hydrogen-bond donors (Lipinski definition) is 1. The van der Waals surface area contributed by atoms with Crippen LogP contribution >= 0.6 is 11.6 Å². The van der Waals surface area contributed by atoms with Crippen LogP contribution in [0, 0.1) is 0 Å². The van der Waals surface area contributed by atoms with Crippen molar-refractivity contribution in [1.82, 2.24) is 10.2 Å². The molecule has 0 aliphatic carbocycles. The van der Waals surface area contributed by atoms with Crippen molar-refractivity contribution in [1.29, 1.82) is 0 Å². The van der Waals surface area contributed by atoms with Crippen molar-refractivity contribution in [2.24, 2.45) is 0 Å².